The maximum absolute atomic E-state index is 14.0. The lowest BCUT2D eigenvalue weighted by atomic mass is 10.1. The molecule has 1 aliphatic heterocycles. The van der Waals surface area contributed by atoms with Gasteiger partial charge in [0, 0.05) is 18.7 Å². The Bertz CT molecular complexity index is 439. The van der Waals surface area contributed by atoms with Crippen LogP contribution in [0.1, 0.15) is 5.56 Å². The lowest BCUT2D eigenvalue weighted by Gasteiger charge is -2.33. The number of hydrogen-bond donors (Lipinski definition) is 1. The quantitative estimate of drug-likeness (QED) is 0.903. The molecule has 19 heavy (non-hydrogen) atoms. The van der Waals surface area contributed by atoms with Crippen LogP contribution in [0.15, 0.2) is 30.3 Å². The van der Waals surface area contributed by atoms with Gasteiger partial charge in [-0.2, -0.15) is 8.78 Å². The van der Waals surface area contributed by atoms with E-state index in [1.165, 1.54) is 17.0 Å². The van der Waals surface area contributed by atoms with Gasteiger partial charge in [0.25, 0.3) is 5.92 Å². The molecule has 0 aliphatic carbocycles. The van der Waals surface area contributed by atoms with Gasteiger partial charge >= 0.3 is 5.97 Å². The Kier molecular flexibility index (Phi) is 4.11. The first-order valence-electron chi connectivity index (χ1n) is 5.99. The van der Waals surface area contributed by atoms with Crippen LogP contribution in [0.4, 0.5) is 8.78 Å². The zero-order valence-corrected chi connectivity index (χ0v) is 10.3. The van der Waals surface area contributed by atoms with Gasteiger partial charge in [-0.1, -0.05) is 30.3 Å². The topological polar surface area (TPSA) is 49.8 Å². The first-order valence-corrected chi connectivity index (χ1v) is 5.99. The number of carboxylic acid groups (broad SMARTS) is 1. The molecule has 1 aromatic carbocycles. The predicted molar refractivity (Wildman–Crippen MR) is 64.2 cm³/mol. The minimum absolute atomic E-state index is 0.0161. The monoisotopic (exact) mass is 271 g/mol. The zero-order valence-electron chi connectivity index (χ0n) is 10.3. The van der Waals surface area contributed by atoms with Crippen LogP contribution >= 0.6 is 0 Å². The SMILES string of the molecule is O=C(O)C1CN(CC(F)(F)c2ccccc2)CCO1. The second-order valence-electron chi connectivity index (χ2n) is 4.50. The Labute approximate surface area is 109 Å². The van der Waals surface area contributed by atoms with Crippen LogP contribution in [0.25, 0.3) is 0 Å². The van der Waals surface area contributed by atoms with E-state index in [-0.39, 0.29) is 18.7 Å². The van der Waals surface area contributed by atoms with Crippen molar-refractivity contribution in [2.75, 3.05) is 26.2 Å². The summed E-state index contributed by atoms with van der Waals surface area (Å²) in [6.45, 7) is -0.0457. The minimum Gasteiger partial charge on any atom is -0.479 e. The van der Waals surface area contributed by atoms with E-state index in [9.17, 15) is 13.6 Å². The first kappa shape index (κ1) is 13.9. The smallest absolute Gasteiger partial charge is 0.334 e. The van der Waals surface area contributed by atoms with E-state index in [0.717, 1.165) is 0 Å². The second kappa shape index (κ2) is 5.63. The Morgan fingerprint density at radius 3 is 2.74 bits per heavy atom. The van der Waals surface area contributed by atoms with Crippen LogP contribution in [0.5, 0.6) is 0 Å². The van der Waals surface area contributed by atoms with Crippen molar-refractivity contribution < 1.29 is 23.4 Å². The third kappa shape index (κ3) is 3.48. The summed E-state index contributed by atoms with van der Waals surface area (Å²) in [6.07, 6.45) is -1.03. The Morgan fingerprint density at radius 2 is 2.11 bits per heavy atom. The van der Waals surface area contributed by atoms with Crippen molar-refractivity contribution >= 4 is 5.97 Å². The molecule has 1 heterocycles. The van der Waals surface area contributed by atoms with Gasteiger partial charge in [-0.05, 0) is 0 Å². The molecule has 0 aromatic heterocycles. The van der Waals surface area contributed by atoms with Crippen molar-refractivity contribution in [2.45, 2.75) is 12.0 Å². The molecule has 6 heteroatoms. The average molecular weight is 271 g/mol. The van der Waals surface area contributed by atoms with Crippen LogP contribution < -0.4 is 0 Å². The van der Waals surface area contributed by atoms with E-state index in [1.54, 1.807) is 18.2 Å². The number of halogens is 2. The molecule has 104 valence electrons. The fraction of sp³-hybridized carbons (Fsp3) is 0.462. The van der Waals surface area contributed by atoms with Gasteiger partial charge in [-0.15, -0.1) is 0 Å². The summed E-state index contributed by atoms with van der Waals surface area (Å²) in [5, 5.41) is 8.83. The standard InChI is InChI=1S/C13H15F2NO3/c14-13(15,10-4-2-1-3-5-10)9-16-6-7-19-11(8-16)12(17)18/h1-5,11H,6-9H2,(H,17,18). The van der Waals surface area contributed by atoms with E-state index in [4.69, 9.17) is 9.84 Å². The van der Waals surface area contributed by atoms with Crippen LogP contribution in [-0.2, 0) is 15.5 Å². The molecule has 0 amide bonds. The maximum atomic E-state index is 14.0. The number of nitrogens with zero attached hydrogens (tertiary/aromatic N) is 1. The van der Waals surface area contributed by atoms with E-state index in [0.29, 0.717) is 6.54 Å². The maximum Gasteiger partial charge on any atom is 0.334 e. The highest BCUT2D eigenvalue weighted by molar-refractivity contribution is 5.72. The van der Waals surface area contributed by atoms with Gasteiger partial charge in [0.05, 0.1) is 13.2 Å². The molecule has 4 nitrogen and oxygen atoms in total. The summed E-state index contributed by atoms with van der Waals surface area (Å²) < 4.78 is 33.1. The van der Waals surface area contributed by atoms with Crippen molar-refractivity contribution in [3.05, 3.63) is 35.9 Å². The largest absolute Gasteiger partial charge is 0.479 e. The van der Waals surface area contributed by atoms with E-state index >= 15 is 0 Å². The summed E-state index contributed by atoms with van der Waals surface area (Å²) in [5.41, 5.74) is -0.0617. The average Bonchev–Trinajstić information content (AvgIpc) is 2.39. The summed E-state index contributed by atoms with van der Waals surface area (Å²) in [6, 6.07) is 7.53. The number of hydrogen-bond acceptors (Lipinski definition) is 3. The highest BCUT2D eigenvalue weighted by Gasteiger charge is 2.36. The number of aliphatic carboxylic acids is 1. The number of ether oxygens (including phenoxy) is 1. The van der Waals surface area contributed by atoms with E-state index < -0.39 is 24.5 Å². The highest BCUT2D eigenvalue weighted by atomic mass is 19.3. The summed E-state index contributed by atoms with van der Waals surface area (Å²) >= 11 is 0. The molecule has 1 atom stereocenters. The summed E-state index contributed by atoms with van der Waals surface area (Å²) in [4.78, 5) is 12.2. The highest BCUT2D eigenvalue weighted by Crippen LogP contribution is 2.29. The van der Waals surface area contributed by atoms with Gasteiger partial charge in [0.2, 0.25) is 0 Å². The normalized spacial score (nSPS) is 21.3. The zero-order chi connectivity index (χ0) is 13.9. The number of alkyl halides is 2. The summed E-state index contributed by atoms with van der Waals surface area (Å²) in [7, 11) is 0. The Balaban J connectivity index is 2.02. The minimum atomic E-state index is -3.00. The molecule has 1 fully saturated rings. The lowest BCUT2D eigenvalue weighted by Crippen LogP contribution is -2.49. The number of morpholine rings is 1. The van der Waals surface area contributed by atoms with Crippen LogP contribution in [0.2, 0.25) is 0 Å². The molecule has 0 radical (unpaired) electrons. The first-order chi connectivity index (χ1) is 8.99. The second-order valence-corrected chi connectivity index (χ2v) is 4.50. The number of rotatable bonds is 4. The van der Waals surface area contributed by atoms with E-state index in [1.807, 2.05) is 0 Å². The molecule has 2 rings (SSSR count). The molecular formula is C13H15F2NO3. The number of benzene rings is 1. The van der Waals surface area contributed by atoms with Crippen LogP contribution in [0, 0.1) is 0 Å². The summed E-state index contributed by atoms with van der Waals surface area (Å²) in [5.74, 6) is -4.12. The molecule has 1 aliphatic rings. The molecule has 1 unspecified atom stereocenters. The molecule has 1 saturated heterocycles. The molecular weight excluding hydrogens is 256 g/mol. The Morgan fingerprint density at radius 1 is 1.42 bits per heavy atom. The van der Waals surface area contributed by atoms with Crippen molar-refractivity contribution in [1.29, 1.82) is 0 Å². The predicted octanol–water partition coefficient (Wildman–Crippen LogP) is 1.56. The van der Waals surface area contributed by atoms with Crippen molar-refractivity contribution in [3.63, 3.8) is 0 Å². The molecule has 0 bridgehead atoms. The van der Waals surface area contributed by atoms with Gasteiger partial charge in [-0.25, -0.2) is 4.79 Å². The fourth-order valence-corrected chi connectivity index (χ4v) is 2.05. The van der Waals surface area contributed by atoms with Crippen molar-refractivity contribution in [3.8, 4) is 0 Å². The third-order valence-electron chi connectivity index (χ3n) is 3.04. The molecule has 1 aromatic rings. The number of carbonyl (C=O) groups is 1. The van der Waals surface area contributed by atoms with Gasteiger partial charge in [0.1, 0.15) is 0 Å². The molecule has 0 saturated carbocycles. The lowest BCUT2D eigenvalue weighted by molar-refractivity contribution is -0.158. The van der Waals surface area contributed by atoms with Gasteiger partial charge in [0.15, 0.2) is 6.10 Å². The molecule has 1 N–H and O–H groups in total. The van der Waals surface area contributed by atoms with Gasteiger partial charge < -0.3 is 9.84 Å². The van der Waals surface area contributed by atoms with Crippen molar-refractivity contribution in [2.24, 2.45) is 0 Å². The Hall–Kier alpha value is -1.53. The van der Waals surface area contributed by atoms with E-state index in [2.05, 4.69) is 0 Å². The van der Waals surface area contributed by atoms with Gasteiger partial charge in [-0.3, -0.25) is 4.90 Å². The number of carboxylic acids is 1. The fourth-order valence-electron chi connectivity index (χ4n) is 2.05. The third-order valence-corrected chi connectivity index (χ3v) is 3.04. The van der Waals surface area contributed by atoms with Crippen LogP contribution in [-0.4, -0.2) is 48.3 Å². The van der Waals surface area contributed by atoms with Crippen LogP contribution in [0.3, 0.4) is 0 Å². The van der Waals surface area contributed by atoms with Crippen molar-refractivity contribution in [1.82, 2.24) is 4.90 Å². The molecule has 0 spiro atoms.